The van der Waals surface area contributed by atoms with Gasteiger partial charge in [0.15, 0.2) is 5.69 Å². The molecule has 0 radical (unpaired) electrons. The second-order valence-corrected chi connectivity index (χ2v) is 6.53. The van der Waals surface area contributed by atoms with Gasteiger partial charge >= 0.3 is 0 Å². The van der Waals surface area contributed by atoms with E-state index in [4.69, 9.17) is 4.74 Å². The number of pyridine rings is 1. The summed E-state index contributed by atoms with van der Waals surface area (Å²) in [6.07, 6.45) is 1.71. The maximum Gasteiger partial charge on any atom is 0.287 e. The number of amides is 2. The third-order valence-electron chi connectivity index (χ3n) is 3.99. The molecule has 3 aromatic rings. The summed E-state index contributed by atoms with van der Waals surface area (Å²) in [5.74, 6) is -0.0273. The number of hydrogen-bond donors (Lipinski definition) is 2. The van der Waals surface area contributed by atoms with E-state index in [2.05, 4.69) is 15.6 Å². The van der Waals surface area contributed by atoms with E-state index < -0.39 is 5.91 Å². The molecule has 0 spiro atoms. The van der Waals surface area contributed by atoms with Gasteiger partial charge in [0.25, 0.3) is 11.8 Å². The molecule has 0 aliphatic rings. The van der Waals surface area contributed by atoms with E-state index in [9.17, 15) is 9.59 Å². The minimum Gasteiger partial charge on any atom is -0.495 e. The van der Waals surface area contributed by atoms with Crippen LogP contribution >= 0.6 is 0 Å². The number of aryl methyl sites for hydroxylation is 1. The molecule has 0 unspecified atom stereocenters. The Labute approximate surface area is 157 Å². The average Bonchev–Trinajstić information content (AvgIpc) is 3.01. The van der Waals surface area contributed by atoms with E-state index in [1.54, 1.807) is 42.0 Å². The Balaban J connectivity index is 2.01. The first-order valence-corrected chi connectivity index (χ1v) is 8.64. The molecule has 0 aliphatic carbocycles. The molecule has 7 heteroatoms. The van der Waals surface area contributed by atoms with E-state index >= 15 is 0 Å². The van der Waals surface area contributed by atoms with E-state index in [1.807, 2.05) is 32.9 Å². The highest BCUT2D eigenvalue weighted by Gasteiger charge is 2.22. The number of nitrogens with zero attached hydrogens (tertiary/aromatic N) is 2. The number of aromatic nitrogens is 2. The van der Waals surface area contributed by atoms with E-state index in [-0.39, 0.29) is 23.5 Å². The Hall–Kier alpha value is -3.35. The Morgan fingerprint density at radius 2 is 1.93 bits per heavy atom. The van der Waals surface area contributed by atoms with Crippen molar-refractivity contribution in [1.29, 1.82) is 0 Å². The topological polar surface area (TPSA) is 84.7 Å². The van der Waals surface area contributed by atoms with Crippen LogP contribution in [-0.4, -0.2) is 34.4 Å². The molecule has 2 aromatic heterocycles. The highest BCUT2D eigenvalue weighted by atomic mass is 16.5. The molecule has 0 saturated heterocycles. The molecule has 2 heterocycles. The molecule has 0 fully saturated rings. The maximum absolute atomic E-state index is 12.9. The number of ether oxygens (including phenoxy) is 1. The number of rotatable bonds is 5. The van der Waals surface area contributed by atoms with Gasteiger partial charge in [0.1, 0.15) is 5.75 Å². The lowest BCUT2D eigenvalue weighted by molar-refractivity contribution is 0.0932. The van der Waals surface area contributed by atoms with Crippen LogP contribution < -0.4 is 15.4 Å². The Morgan fingerprint density at radius 3 is 2.63 bits per heavy atom. The minimum atomic E-state index is -0.411. The van der Waals surface area contributed by atoms with Crippen molar-refractivity contribution in [3.63, 3.8) is 0 Å². The van der Waals surface area contributed by atoms with Crippen LogP contribution in [0.5, 0.6) is 5.75 Å². The Bertz CT molecular complexity index is 1010. The van der Waals surface area contributed by atoms with Crippen molar-refractivity contribution in [2.24, 2.45) is 0 Å². The number of carbonyl (C=O) groups excluding carboxylic acids is 2. The SMILES string of the molecule is COc1ccc(C)cc1NC(=O)c1nc(C(=O)NC(C)C)n2ccccc12. The molecule has 3 rings (SSSR count). The highest BCUT2D eigenvalue weighted by Crippen LogP contribution is 2.26. The minimum absolute atomic E-state index is 0.0395. The normalized spacial score (nSPS) is 10.9. The fraction of sp³-hybridized carbons (Fsp3) is 0.250. The number of benzene rings is 1. The summed E-state index contributed by atoms with van der Waals surface area (Å²) >= 11 is 0. The van der Waals surface area contributed by atoms with Gasteiger partial charge in [-0.05, 0) is 50.6 Å². The third-order valence-corrected chi connectivity index (χ3v) is 3.99. The molecule has 0 saturated carbocycles. The number of carbonyl (C=O) groups is 2. The number of methoxy groups -OCH3 is 1. The van der Waals surface area contributed by atoms with Crippen molar-refractivity contribution in [3.05, 3.63) is 59.7 Å². The zero-order valence-corrected chi connectivity index (χ0v) is 15.7. The molecule has 27 heavy (non-hydrogen) atoms. The van der Waals surface area contributed by atoms with Crippen molar-refractivity contribution in [2.45, 2.75) is 26.8 Å². The van der Waals surface area contributed by atoms with Crippen LogP contribution in [-0.2, 0) is 0 Å². The first kappa shape index (κ1) is 18.4. The second-order valence-electron chi connectivity index (χ2n) is 6.53. The van der Waals surface area contributed by atoms with Crippen LogP contribution in [0.25, 0.3) is 5.52 Å². The van der Waals surface area contributed by atoms with Crippen LogP contribution in [0.2, 0.25) is 0 Å². The molecule has 140 valence electrons. The number of nitrogens with one attached hydrogen (secondary N) is 2. The molecular formula is C20H22N4O3. The first-order valence-electron chi connectivity index (χ1n) is 8.64. The van der Waals surface area contributed by atoms with Crippen LogP contribution in [0.3, 0.4) is 0 Å². The molecule has 1 aromatic carbocycles. The summed E-state index contributed by atoms with van der Waals surface area (Å²) in [5, 5.41) is 5.64. The van der Waals surface area contributed by atoms with Gasteiger partial charge in [-0.15, -0.1) is 0 Å². The van der Waals surface area contributed by atoms with Gasteiger partial charge in [0, 0.05) is 12.2 Å². The number of fused-ring (bicyclic) bond motifs is 1. The van der Waals surface area contributed by atoms with Crippen LogP contribution in [0.4, 0.5) is 5.69 Å². The van der Waals surface area contributed by atoms with Crippen molar-refractivity contribution in [1.82, 2.24) is 14.7 Å². The van der Waals surface area contributed by atoms with Crippen LogP contribution in [0.1, 0.15) is 40.5 Å². The van der Waals surface area contributed by atoms with Crippen molar-refractivity contribution >= 4 is 23.0 Å². The summed E-state index contributed by atoms with van der Waals surface area (Å²) in [4.78, 5) is 29.7. The summed E-state index contributed by atoms with van der Waals surface area (Å²) in [6, 6.07) is 10.8. The van der Waals surface area contributed by atoms with Gasteiger partial charge in [0.05, 0.1) is 18.3 Å². The smallest absolute Gasteiger partial charge is 0.287 e. The largest absolute Gasteiger partial charge is 0.495 e. The van der Waals surface area contributed by atoms with Crippen molar-refractivity contribution < 1.29 is 14.3 Å². The van der Waals surface area contributed by atoms with Gasteiger partial charge in [-0.25, -0.2) is 4.98 Å². The Morgan fingerprint density at radius 1 is 1.15 bits per heavy atom. The summed E-state index contributed by atoms with van der Waals surface area (Å²) < 4.78 is 6.92. The molecule has 2 amide bonds. The van der Waals surface area contributed by atoms with Crippen molar-refractivity contribution in [2.75, 3.05) is 12.4 Å². The average molecular weight is 366 g/mol. The predicted octanol–water partition coefficient (Wildman–Crippen LogP) is 3.04. The predicted molar refractivity (Wildman–Crippen MR) is 103 cm³/mol. The molecule has 2 N–H and O–H groups in total. The van der Waals surface area contributed by atoms with E-state index in [0.717, 1.165) is 5.56 Å². The van der Waals surface area contributed by atoms with E-state index in [0.29, 0.717) is 17.0 Å². The summed E-state index contributed by atoms with van der Waals surface area (Å²) in [7, 11) is 1.54. The highest BCUT2D eigenvalue weighted by molar-refractivity contribution is 6.09. The Kier molecular flexibility index (Phi) is 5.12. The fourth-order valence-electron chi connectivity index (χ4n) is 2.79. The standard InChI is InChI=1S/C20H22N4O3/c1-12(2)21-20(26)18-23-17(15-7-5-6-10-24(15)18)19(25)22-14-11-13(3)8-9-16(14)27-4/h5-12H,1-4H3,(H,21,26)(H,22,25). The first-order chi connectivity index (χ1) is 12.9. The summed E-state index contributed by atoms with van der Waals surface area (Å²) in [5.41, 5.74) is 2.26. The number of imidazole rings is 1. The molecular weight excluding hydrogens is 344 g/mol. The summed E-state index contributed by atoms with van der Waals surface area (Å²) in [6.45, 7) is 5.66. The number of hydrogen-bond acceptors (Lipinski definition) is 4. The van der Waals surface area contributed by atoms with Gasteiger partial charge < -0.3 is 15.4 Å². The van der Waals surface area contributed by atoms with Gasteiger partial charge in [-0.1, -0.05) is 12.1 Å². The lowest BCUT2D eigenvalue weighted by Gasteiger charge is -2.10. The van der Waals surface area contributed by atoms with Crippen LogP contribution in [0.15, 0.2) is 42.6 Å². The fourth-order valence-corrected chi connectivity index (χ4v) is 2.79. The molecule has 0 atom stereocenters. The zero-order valence-electron chi connectivity index (χ0n) is 15.7. The van der Waals surface area contributed by atoms with Crippen LogP contribution in [0, 0.1) is 6.92 Å². The number of anilines is 1. The lowest BCUT2D eigenvalue weighted by atomic mass is 10.2. The molecule has 7 nitrogen and oxygen atoms in total. The second kappa shape index (κ2) is 7.49. The lowest BCUT2D eigenvalue weighted by Crippen LogP contribution is -2.31. The van der Waals surface area contributed by atoms with Gasteiger partial charge in [-0.2, -0.15) is 0 Å². The molecule has 0 aliphatic heterocycles. The van der Waals surface area contributed by atoms with Gasteiger partial charge in [0.2, 0.25) is 5.82 Å². The molecule has 0 bridgehead atoms. The maximum atomic E-state index is 12.9. The van der Waals surface area contributed by atoms with Crippen molar-refractivity contribution in [3.8, 4) is 5.75 Å². The van der Waals surface area contributed by atoms with E-state index in [1.165, 1.54) is 0 Å². The third kappa shape index (κ3) is 3.76. The monoisotopic (exact) mass is 366 g/mol. The quantitative estimate of drug-likeness (QED) is 0.727. The zero-order chi connectivity index (χ0) is 19.6. The van der Waals surface area contributed by atoms with Gasteiger partial charge in [-0.3, -0.25) is 14.0 Å².